The van der Waals surface area contributed by atoms with Gasteiger partial charge in [-0.3, -0.25) is 0 Å². The van der Waals surface area contributed by atoms with Crippen molar-refractivity contribution in [1.29, 1.82) is 0 Å². The third-order valence-corrected chi connectivity index (χ3v) is 7.05. The van der Waals surface area contributed by atoms with Crippen molar-refractivity contribution in [2.75, 3.05) is 25.9 Å². The molecule has 0 radical (unpaired) electrons. The van der Waals surface area contributed by atoms with E-state index in [0.29, 0.717) is 20.9 Å². The summed E-state index contributed by atoms with van der Waals surface area (Å²) in [6.07, 6.45) is 4.04. The van der Waals surface area contributed by atoms with Gasteiger partial charge in [-0.05, 0) is 33.3 Å². The Balaban J connectivity index is 1.74. The molecule has 2 saturated heterocycles. The lowest BCUT2D eigenvalue weighted by Gasteiger charge is -2.62. The summed E-state index contributed by atoms with van der Waals surface area (Å²) >= 11 is 0. The van der Waals surface area contributed by atoms with Gasteiger partial charge in [-0.1, -0.05) is 32.6 Å². The van der Waals surface area contributed by atoms with Crippen LogP contribution in [0.5, 0.6) is 0 Å². The molecule has 0 spiro atoms. The van der Waals surface area contributed by atoms with Crippen LogP contribution in [0.15, 0.2) is 36.7 Å². The van der Waals surface area contributed by atoms with Crippen molar-refractivity contribution >= 4 is 40.9 Å². The molecule has 1 aromatic carbocycles. The lowest BCUT2D eigenvalue weighted by molar-refractivity contribution is 0.548. The molecule has 4 heterocycles. The molecule has 134 valence electrons. The third kappa shape index (κ3) is 2.15. The molecular formula is C15H24B5N7. The Labute approximate surface area is 163 Å². The van der Waals surface area contributed by atoms with Crippen molar-refractivity contribution in [2.45, 2.75) is 20.5 Å². The maximum atomic E-state index is 4.69. The van der Waals surface area contributed by atoms with Crippen LogP contribution in [0.2, 0.25) is 20.5 Å². The molecule has 27 heavy (non-hydrogen) atoms. The second kappa shape index (κ2) is 5.94. The maximum Gasteiger partial charge on any atom is 0.454 e. The fourth-order valence-corrected chi connectivity index (χ4v) is 5.14. The minimum absolute atomic E-state index is 0.110. The minimum atomic E-state index is 0.110. The molecule has 0 amide bonds. The highest BCUT2D eigenvalue weighted by molar-refractivity contribution is 7.02. The number of anilines is 1. The average Bonchev–Trinajstić information content (AvgIpc) is 3.16. The van der Waals surface area contributed by atoms with Gasteiger partial charge in [0.05, 0.1) is 0 Å². The van der Waals surface area contributed by atoms with Crippen LogP contribution in [-0.4, -0.2) is 84.6 Å². The number of imidazole rings is 1. The van der Waals surface area contributed by atoms with Crippen LogP contribution in [0.1, 0.15) is 0 Å². The highest BCUT2D eigenvalue weighted by Crippen LogP contribution is 2.40. The maximum absolute atomic E-state index is 4.69. The number of nitrogens with zero attached hydrogens (tertiary/aromatic N) is 7. The summed E-state index contributed by atoms with van der Waals surface area (Å²) in [4.78, 5) is 4.69. The van der Waals surface area contributed by atoms with E-state index in [9.17, 15) is 0 Å². The van der Waals surface area contributed by atoms with Crippen molar-refractivity contribution in [3.05, 3.63) is 36.7 Å². The molecule has 0 bridgehead atoms. The van der Waals surface area contributed by atoms with Crippen LogP contribution < -0.4 is 4.72 Å². The zero-order valence-corrected chi connectivity index (χ0v) is 17.0. The Morgan fingerprint density at radius 2 is 1.48 bits per heavy atom. The normalized spacial score (nSPS) is 21.4. The van der Waals surface area contributed by atoms with E-state index in [-0.39, 0.29) is 14.2 Å². The van der Waals surface area contributed by atoms with Gasteiger partial charge >= 0.3 is 14.2 Å². The third-order valence-electron chi connectivity index (χ3n) is 7.05. The Kier molecular flexibility index (Phi) is 3.85. The monoisotopic (exact) mass is 357 g/mol. The number of fused-ring (bicyclic) bond motifs is 8. The molecule has 0 unspecified atom stereocenters. The number of aromatic nitrogens is 2. The summed E-state index contributed by atoms with van der Waals surface area (Å²) in [7, 11) is 6.98. The lowest BCUT2D eigenvalue weighted by Crippen LogP contribution is -2.89. The van der Waals surface area contributed by atoms with Crippen molar-refractivity contribution < 1.29 is 0 Å². The molecule has 12 heteroatoms. The molecule has 3 aliphatic heterocycles. The molecule has 0 aliphatic carbocycles. The Morgan fingerprint density at radius 3 is 2.26 bits per heavy atom. The van der Waals surface area contributed by atoms with E-state index in [1.807, 2.05) is 6.20 Å². The summed E-state index contributed by atoms with van der Waals surface area (Å²) < 4.78 is 14.9. The van der Waals surface area contributed by atoms with Gasteiger partial charge in [0, 0.05) is 23.6 Å². The van der Waals surface area contributed by atoms with E-state index in [4.69, 9.17) is 0 Å². The van der Waals surface area contributed by atoms with Gasteiger partial charge in [-0.15, -0.1) is 0 Å². The fourth-order valence-electron chi connectivity index (χ4n) is 5.14. The smallest absolute Gasteiger partial charge is 0.401 e. The van der Waals surface area contributed by atoms with Crippen molar-refractivity contribution in [3.63, 3.8) is 0 Å². The summed E-state index contributed by atoms with van der Waals surface area (Å²) in [5.74, 6) is 1.05. The predicted octanol–water partition coefficient (Wildman–Crippen LogP) is 0.667. The highest BCUT2D eigenvalue weighted by atomic mass is 15.5. The Morgan fingerprint density at radius 1 is 0.815 bits per heavy atom. The first-order valence-electron chi connectivity index (χ1n) is 9.77. The molecular weight excluding hydrogens is 332 g/mol. The second-order valence-electron chi connectivity index (χ2n) is 8.11. The minimum Gasteiger partial charge on any atom is -0.401 e. The predicted molar refractivity (Wildman–Crippen MR) is 117 cm³/mol. The Hall–Kier alpha value is -1.61. The van der Waals surface area contributed by atoms with Gasteiger partial charge < -0.3 is 28.0 Å². The largest absolute Gasteiger partial charge is 0.454 e. The molecule has 7 nitrogen and oxygen atoms in total. The van der Waals surface area contributed by atoms with Crippen molar-refractivity contribution in [3.8, 4) is 11.4 Å². The SMILES string of the molecule is CB1N(C)B(C)N2B(C)N(C)B3N(B2N1C)c1ccccc1-c1nccn13. The van der Waals surface area contributed by atoms with Gasteiger partial charge in [0.15, 0.2) is 0 Å². The van der Waals surface area contributed by atoms with E-state index in [1.54, 1.807) is 0 Å². The van der Waals surface area contributed by atoms with E-state index < -0.39 is 0 Å². The first kappa shape index (κ1) is 17.5. The zero-order valence-electron chi connectivity index (χ0n) is 17.0. The van der Waals surface area contributed by atoms with Crippen LogP contribution in [0.4, 0.5) is 5.69 Å². The van der Waals surface area contributed by atoms with E-state index in [0.717, 1.165) is 5.82 Å². The van der Waals surface area contributed by atoms with E-state index >= 15 is 0 Å². The second-order valence-corrected chi connectivity index (χ2v) is 8.11. The molecule has 3 aliphatic rings. The fraction of sp³-hybridized carbons (Fsp3) is 0.400. The molecule has 0 atom stereocenters. The van der Waals surface area contributed by atoms with Gasteiger partial charge in [-0.2, -0.15) is 0 Å². The van der Waals surface area contributed by atoms with Crippen LogP contribution in [-0.2, 0) is 0 Å². The summed E-state index contributed by atoms with van der Waals surface area (Å²) in [5.41, 5.74) is 2.46. The van der Waals surface area contributed by atoms with Gasteiger partial charge in [0.2, 0.25) is 0 Å². The number of hydrogen-bond acceptors (Lipinski definition) is 6. The van der Waals surface area contributed by atoms with Crippen LogP contribution in [0, 0.1) is 0 Å². The molecule has 2 aromatic rings. The molecule has 5 rings (SSSR count). The number of rotatable bonds is 0. The summed E-state index contributed by atoms with van der Waals surface area (Å²) in [6, 6.07) is 8.67. The van der Waals surface area contributed by atoms with Crippen molar-refractivity contribution in [1.82, 2.24) is 28.3 Å². The van der Waals surface area contributed by atoms with E-state index in [1.165, 1.54) is 11.3 Å². The van der Waals surface area contributed by atoms with Crippen LogP contribution in [0.3, 0.4) is 0 Å². The first-order chi connectivity index (χ1) is 12.9. The quantitative estimate of drug-likeness (QED) is 0.646. The number of benzene rings is 1. The topological polar surface area (TPSA) is 34.0 Å². The average molecular weight is 356 g/mol. The van der Waals surface area contributed by atoms with Gasteiger partial charge in [0.1, 0.15) is 5.82 Å². The van der Waals surface area contributed by atoms with Gasteiger partial charge in [0.25, 0.3) is 20.9 Å². The number of para-hydroxylation sites is 1. The molecule has 2 fully saturated rings. The van der Waals surface area contributed by atoms with Crippen LogP contribution >= 0.6 is 0 Å². The molecule has 0 saturated carbocycles. The van der Waals surface area contributed by atoms with Gasteiger partial charge in [-0.25, -0.2) is 4.98 Å². The lowest BCUT2D eigenvalue weighted by atomic mass is 9.37. The van der Waals surface area contributed by atoms with Crippen LogP contribution in [0.25, 0.3) is 11.4 Å². The number of hydrogen-bond donors (Lipinski definition) is 0. The standard InChI is InChI=1S/C15H24B5N7/c1-16-22(4)17(2)27-18(3)24(6)19-25-12-11-21-15(25)13-9-7-8-10-14(13)26(19)20(27)23(16)5/h7-12H,1-6H3. The van der Waals surface area contributed by atoms with Crippen molar-refractivity contribution in [2.24, 2.45) is 0 Å². The first-order valence-corrected chi connectivity index (χ1v) is 9.77. The molecule has 1 aromatic heterocycles. The van der Waals surface area contributed by atoms with E-state index in [2.05, 4.69) is 105 Å². The summed E-state index contributed by atoms with van der Waals surface area (Å²) in [6.45, 7) is 7.92. The Bertz CT molecular complexity index is 880. The zero-order chi connectivity index (χ0) is 19.0. The molecule has 0 N–H and O–H groups in total. The summed E-state index contributed by atoms with van der Waals surface area (Å²) in [5, 5.41) is 0. The highest BCUT2D eigenvalue weighted by Gasteiger charge is 2.61.